The lowest BCUT2D eigenvalue weighted by atomic mass is 10.2. The lowest BCUT2D eigenvalue weighted by Gasteiger charge is -2.36. The van der Waals surface area contributed by atoms with Crippen LogP contribution in [0.4, 0.5) is 11.5 Å². The maximum Gasteiger partial charge on any atom is 0.222 e. The van der Waals surface area contributed by atoms with E-state index in [1.165, 1.54) is 0 Å². The Morgan fingerprint density at radius 1 is 1.13 bits per heavy atom. The van der Waals surface area contributed by atoms with Gasteiger partial charge >= 0.3 is 0 Å². The molecule has 0 aliphatic carbocycles. The van der Waals surface area contributed by atoms with E-state index in [-0.39, 0.29) is 5.91 Å². The highest BCUT2D eigenvalue weighted by Crippen LogP contribution is 2.21. The average Bonchev–Trinajstić information content (AvgIpc) is 2.63. The zero-order valence-corrected chi connectivity index (χ0v) is 13.8. The second kappa shape index (κ2) is 7.59. The minimum absolute atomic E-state index is 0.272. The normalized spacial score (nSPS) is 19.1. The summed E-state index contributed by atoms with van der Waals surface area (Å²) in [5.74, 6) is 1.18. The molecule has 3 rings (SSSR count). The minimum atomic E-state index is 0.272. The van der Waals surface area contributed by atoms with Gasteiger partial charge in [-0.15, -0.1) is 5.10 Å². The van der Waals surface area contributed by atoms with E-state index in [0.717, 1.165) is 70.4 Å². The zero-order chi connectivity index (χ0) is 16.1. The number of piperazine rings is 1. The van der Waals surface area contributed by atoms with Crippen LogP contribution in [0, 0.1) is 0 Å². The molecule has 0 radical (unpaired) electrons. The van der Waals surface area contributed by atoms with E-state index in [4.69, 9.17) is 4.74 Å². The molecular weight excluding hydrogens is 294 g/mol. The van der Waals surface area contributed by atoms with Crippen molar-refractivity contribution < 1.29 is 9.53 Å². The number of ether oxygens (including phenoxy) is 1. The van der Waals surface area contributed by atoms with Gasteiger partial charge in [0.1, 0.15) is 0 Å². The van der Waals surface area contributed by atoms with Gasteiger partial charge in [0.25, 0.3) is 0 Å². The van der Waals surface area contributed by atoms with Crippen LogP contribution in [0.25, 0.3) is 0 Å². The number of rotatable bonds is 4. The number of hydrogen-bond acceptors (Lipinski definition) is 6. The van der Waals surface area contributed by atoms with E-state index in [0.29, 0.717) is 6.42 Å². The van der Waals surface area contributed by atoms with E-state index in [2.05, 4.69) is 26.1 Å². The maximum atomic E-state index is 12.0. The first kappa shape index (κ1) is 16.0. The van der Waals surface area contributed by atoms with Crippen molar-refractivity contribution in [2.75, 3.05) is 62.3 Å². The first-order valence-electron chi connectivity index (χ1n) is 8.46. The Bertz CT molecular complexity index is 525. The predicted molar refractivity (Wildman–Crippen MR) is 88.8 cm³/mol. The van der Waals surface area contributed by atoms with Gasteiger partial charge in [0.05, 0.1) is 25.1 Å². The van der Waals surface area contributed by atoms with Crippen molar-refractivity contribution in [2.45, 2.75) is 19.8 Å². The van der Waals surface area contributed by atoms with Crippen LogP contribution in [0.1, 0.15) is 19.8 Å². The van der Waals surface area contributed by atoms with Crippen molar-refractivity contribution in [3.8, 4) is 0 Å². The Morgan fingerprint density at radius 3 is 2.57 bits per heavy atom. The molecule has 1 amide bonds. The number of nitrogens with zero attached hydrogens (tertiary/aromatic N) is 5. The predicted octanol–water partition coefficient (Wildman–Crippen LogP) is 0.762. The van der Waals surface area contributed by atoms with Crippen LogP contribution < -0.4 is 9.80 Å². The number of carbonyl (C=O) groups excluding carboxylic acids is 1. The quantitative estimate of drug-likeness (QED) is 0.817. The smallest absolute Gasteiger partial charge is 0.222 e. The molecule has 2 saturated heterocycles. The van der Waals surface area contributed by atoms with Gasteiger partial charge < -0.3 is 19.4 Å². The highest BCUT2D eigenvalue weighted by atomic mass is 16.5. The van der Waals surface area contributed by atoms with Crippen LogP contribution in [-0.2, 0) is 9.53 Å². The van der Waals surface area contributed by atoms with Crippen LogP contribution >= 0.6 is 0 Å². The molecule has 0 unspecified atom stereocenters. The van der Waals surface area contributed by atoms with E-state index in [9.17, 15) is 4.79 Å². The van der Waals surface area contributed by atoms with Crippen molar-refractivity contribution in [1.82, 2.24) is 15.1 Å². The van der Waals surface area contributed by atoms with Gasteiger partial charge in [-0.1, -0.05) is 6.92 Å². The molecule has 0 atom stereocenters. The fraction of sp³-hybridized carbons (Fsp3) is 0.688. The number of carbonyl (C=O) groups is 1. The molecule has 2 fully saturated rings. The van der Waals surface area contributed by atoms with E-state index < -0.39 is 0 Å². The fourth-order valence-electron chi connectivity index (χ4n) is 3.05. The molecule has 7 heteroatoms. The van der Waals surface area contributed by atoms with Crippen LogP contribution in [0.2, 0.25) is 0 Å². The Hall–Kier alpha value is -1.89. The topological polar surface area (TPSA) is 61.8 Å². The van der Waals surface area contributed by atoms with Gasteiger partial charge in [-0.25, -0.2) is 0 Å². The van der Waals surface area contributed by atoms with Gasteiger partial charge in [0.15, 0.2) is 5.82 Å². The number of aromatic nitrogens is 2. The van der Waals surface area contributed by atoms with Crippen LogP contribution in [0.5, 0.6) is 0 Å². The van der Waals surface area contributed by atoms with Crippen LogP contribution in [0.15, 0.2) is 12.3 Å². The van der Waals surface area contributed by atoms with Crippen molar-refractivity contribution in [1.29, 1.82) is 0 Å². The zero-order valence-electron chi connectivity index (χ0n) is 13.8. The molecule has 3 heterocycles. The summed E-state index contributed by atoms with van der Waals surface area (Å²) in [4.78, 5) is 18.4. The molecule has 0 N–H and O–H groups in total. The van der Waals surface area contributed by atoms with Gasteiger partial charge in [0.2, 0.25) is 5.91 Å². The maximum absolute atomic E-state index is 12.0. The summed E-state index contributed by atoms with van der Waals surface area (Å²) in [6.07, 6.45) is 3.38. The molecule has 23 heavy (non-hydrogen) atoms. The van der Waals surface area contributed by atoms with Gasteiger partial charge in [-0.3, -0.25) is 4.79 Å². The van der Waals surface area contributed by atoms with E-state index >= 15 is 0 Å². The monoisotopic (exact) mass is 319 g/mol. The third kappa shape index (κ3) is 3.90. The first-order valence-corrected chi connectivity index (χ1v) is 8.46. The minimum Gasteiger partial charge on any atom is -0.378 e. The summed E-state index contributed by atoms with van der Waals surface area (Å²) in [7, 11) is 0. The Balaban J connectivity index is 1.61. The molecule has 0 aromatic carbocycles. The van der Waals surface area contributed by atoms with Crippen molar-refractivity contribution >= 4 is 17.4 Å². The lowest BCUT2D eigenvalue weighted by Crippen LogP contribution is -2.48. The van der Waals surface area contributed by atoms with E-state index in [1.54, 1.807) is 0 Å². The average molecular weight is 319 g/mol. The fourth-order valence-corrected chi connectivity index (χ4v) is 3.05. The molecule has 0 bridgehead atoms. The van der Waals surface area contributed by atoms with Crippen molar-refractivity contribution in [2.24, 2.45) is 0 Å². The molecule has 0 saturated carbocycles. The molecule has 2 aliphatic rings. The molecule has 0 spiro atoms. The molecule has 7 nitrogen and oxygen atoms in total. The standard InChI is InChI=1S/C16H25N5O2/c1-2-3-16(22)21-6-4-19(5-7-21)14-12-15(18-17-13-14)20-8-10-23-11-9-20/h12-13H,2-11H2,1H3. The number of anilines is 2. The third-order valence-electron chi connectivity index (χ3n) is 4.42. The molecule has 126 valence electrons. The van der Waals surface area contributed by atoms with Crippen LogP contribution in [-0.4, -0.2) is 73.5 Å². The largest absolute Gasteiger partial charge is 0.378 e. The summed E-state index contributed by atoms with van der Waals surface area (Å²) in [6, 6.07) is 2.10. The number of hydrogen-bond donors (Lipinski definition) is 0. The molecule has 1 aromatic rings. The SMILES string of the molecule is CCCC(=O)N1CCN(c2cnnc(N3CCOCC3)c2)CC1. The number of amides is 1. The number of morpholine rings is 1. The highest BCUT2D eigenvalue weighted by Gasteiger charge is 2.22. The third-order valence-corrected chi connectivity index (χ3v) is 4.42. The van der Waals surface area contributed by atoms with Crippen molar-refractivity contribution in [3.63, 3.8) is 0 Å². The van der Waals surface area contributed by atoms with Crippen molar-refractivity contribution in [3.05, 3.63) is 12.3 Å². The summed E-state index contributed by atoms with van der Waals surface area (Å²) in [6.45, 7) is 8.52. The highest BCUT2D eigenvalue weighted by molar-refractivity contribution is 5.76. The molecular formula is C16H25N5O2. The van der Waals surface area contributed by atoms with Gasteiger partial charge in [0, 0.05) is 51.8 Å². The van der Waals surface area contributed by atoms with E-state index in [1.807, 2.05) is 18.0 Å². The van der Waals surface area contributed by atoms with Gasteiger partial charge in [-0.05, 0) is 6.42 Å². The van der Waals surface area contributed by atoms with Crippen LogP contribution in [0.3, 0.4) is 0 Å². The summed E-state index contributed by atoms with van der Waals surface area (Å²) >= 11 is 0. The first-order chi connectivity index (χ1) is 11.3. The summed E-state index contributed by atoms with van der Waals surface area (Å²) in [5, 5.41) is 8.42. The Labute approximate surface area is 137 Å². The Morgan fingerprint density at radius 2 is 1.87 bits per heavy atom. The Kier molecular flexibility index (Phi) is 5.27. The molecule has 1 aromatic heterocycles. The summed E-state index contributed by atoms with van der Waals surface area (Å²) in [5.41, 5.74) is 1.09. The lowest BCUT2D eigenvalue weighted by molar-refractivity contribution is -0.131. The van der Waals surface area contributed by atoms with Gasteiger partial charge in [-0.2, -0.15) is 5.10 Å². The second-order valence-corrected chi connectivity index (χ2v) is 5.99. The summed E-state index contributed by atoms with van der Waals surface area (Å²) < 4.78 is 5.38. The molecule has 2 aliphatic heterocycles. The second-order valence-electron chi connectivity index (χ2n) is 5.99.